The molecule has 15 heteroatoms. The summed E-state index contributed by atoms with van der Waals surface area (Å²) >= 11 is 7.52. The third kappa shape index (κ3) is 7.02. The molecule has 2 saturated heterocycles. The maximum Gasteiger partial charge on any atom is 0.418 e. The molecule has 240 valence electrons. The summed E-state index contributed by atoms with van der Waals surface area (Å²) < 4.78 is 46.7. The Morgan fingerprint density at radius 3 is 2.43 bits per heavy atom. The third-order valence-electron chi connectivity index (χ3n) is 8.67. The van der Waals surface area contributed by atoms with Crippen LogP contribution in [0.4, 0.5) is 33.4 Å². The Morgan fingerprint density at radius 2 is 1.80 bits per heavy atom. The van der Waals surface area contributed by atoms with E-state index in [1.54, 1.807) is 9.80 Å². The van der Waals surface area contributed by atoms with E-state index in [4.69, 9.17) is 22.1 Å². The van der Waals surface area contributed by atoms with Gasteiger partial charge in [0.15, 0.2) is 6.10 Å². The normalized spacial score (nSPS) is 19.2. The lowest BCUT2D eigenvalue weighted by Gasteiger charge is -2.40. The SMILES string of the molecule is CN(C)C1CCN(C(=O)[C@@H](Cc2cc(Cl)c(N)c(C(F)(F)F)c2)OC(=O)N2CCC(N3Cc4ccsc4NC3=O)CC2)CC1. The van der Waals surface area contributed by atoms with Gasteiger partial charge in [-0.25, -0.2) is 9.59 Å². The first kappa shape index (κ1) is 32.2. The summed E-state index contributed by atoms with van der Waals surface area (Å²) in [6, 6.07) is 4.13. The van der Waals surface area contributed by atoms with E-state index in [0.717, 1.165) is 29.5 Å². The fraction of sp³-hybridized carbons (Fsp3) is 0.552. The molecule has 5 rings (SSSR count). The van der Waals surface area contributed by atoms with Crippen molar-refractivity contribution in [2.75, 3.05) is 51.3 Å². The number of halogens is 4. The molecule has 10 nitrogen and oxygen atoms in total. The number of hydrogen-bond acceptors (Lipinski definition) is 7. The molecule has 0 saturated carbocycles. The van der Waals surface area contributed by atoms with Crippen molar-refractivity contribution in [3.63, 3.8) is 0 Å². The first-order valence-electron chi connectivity index (χ1n) is 14.5. The molecule has 1 atom stereocenters. The van der Waals surface area contributed by atoms with Crippen molar-refractivity contribution in [1.82, 2.24) is 19.6 Å². The number of nitrogens with zero attached hydrogens (tertiary/aromatic N) is 4. The molecule has 0 bridgehead atoms. The van der Waals surface area contributed by atoms with Gasteiger partial charge >= 0.3 is 18.3 Å². The molecule has 1 aromatic carbocycles. The minimum absolute atomic E-state index is 0.0773. The quantitative estimate of drug-likeness (QED) is 0.418. The largest absolute Gasteiger partial charge is 0.436 e. The number of benzene rings is 1. The summed E-state index contributed by atoms with van der Waals surface area (Å²) in [4.78, 5) is 46.7. The lowest BCUT2D eigenvalue weighted by atomic mass is 10.00. The van der Waals surface area contributed by atoms with Gasteiger partial charge in [0.2, 0.25) is 0 Å². The Bertz CT molecular complexity index is 1390. The van der Waals surface area contributed by atoms with Crippen molar-refractivity contribution in [3.05, 3.63) is 45.3 Å². The number of hydrogen-bond donors (Lipinski definition) is 2. The highest BCUT2D eigenvalue weighted by Crippen LogP contribution is 2.38. The van der Waals surface area contributed by atoms with E-state index in [9.17, 15) is 27.6 Å². The zero-order valence-electron chi connectivity index (χ0n) is 24.5. The van der Waals surface area contributed by atoms with E-state index >= 15 is 0 Å². The number of carbonyl (C=O) groups excluding carboxylic acids is 3. The number of amides is 4. The molecule has 0 radical (unpaired) electrons. The second-order valence-electron chi connectivity index (χ2n) is 11.7. The highest BCUT2D eigenvalue weighted by Gasteiger charge is 2.38. The zero-order valence-corrected chi connectivity index (χ0v) is 26.1. The number of nitrogen functional groups attached to an aromatic ring is 1. The van der Waals surface area contributed by atoms with E-state index in [1.807, 2.05) is 25.5 Å². The second-order valence-corrected chi connectivity index (χ2v) is 13.0. The molecule has 4 heterocycles. The fourth-order valence-corrected chi connectivity index (χ4v) is 7.11. The van der Waals surface area contributed by atoms with Crippen molar-refractivity contribution < 1.29 is 32.3 Å². The summed E-state index contributed by atoms with van der Waals surface area (Å²) in [5.74, 6) is -0.469. The minimum atomic E-state index is -4.76. The van der Waals surface area contributed by atoms with E-state index < -0.39 is 35.5 Å². The first-order chi connectivity index (χ1) is 20.8. The predicted molar refractivity (Wildman–Crippen MR) is 162 cm³/mol. The number of alkyl halides is 3. The van der Waals surface area contributed by atoms with Crippen LogP contribution in [0.25, 0.3) is 0 Å². The molecule has 3 N–H and O–H groups in total. The number of nitrogens with two attached hydrogens (primary N) is 1. The lowest BCUT2D eigenvalue weighted by Crippen LogP contribution is -2.52. The molecule has 0 spiro atoms. The Morgan fingerprint density at radius 1 is 1.14 bits per heavy atom. The summed E-state index contributed by atoms with van der Waals surface area (Å²) in [6.07, 6.45) is -4.68. The van der Waals surface area contributed by atoms with Gasteiger partial charge in [-0.15, -0.1) is 11.3 Å². The molecular formula is C29H36ClF3N6O4S. The van der Waals surface area contributed by atoms with E-state index in [1.165, 1.54) is 22.3 Å². The van der Waals surface area contributed by atoms with E-state index in [-0.39, 0.29) is 29.1 Å². The van der Waals surface area contributed by atoms with Crippen molar-refractivity contribution in [1.29, 1.82) is 0 Å². The van der Waals surface area contributed by atoms with Gasteiger partial charge in [0.1, 0.15) is 5.00 Å². The number of carbonyl (C=O) groups is 3. The van der Waals surface area contributed by atoms with Crippen molar-refractivity contribution in [2.45, 2.75) is 63.0 Å². The van der Waals surface area contributed by atoms with Crippen LogP contribution >= 0.6 is 22.9 Å². The van der Waals surface area contributed by atoms with Crippen LogP contribution in [0.2, 0.25) is 5.02 Å². The number of rotatable bonds is 6. The first-order valence-corrected chi connectivity index (χ1v) is 15.8. The lowest BCUT2D eigenvalue weighted by molar-refractivity contribution is -0.142. The number of thiophene rings is 1. The number of anilines is 2. The van der Waals surface area contributed by atoms with Crippen LogP contribution in [0.1, 0.15) is 42.4 Å². The number of fused-ring (bicyclic) bond motifs is 1. The molecule has 0 unspecified atom stereocenters. The van der Waals surface area contributed by atoms with Crippen molar-refractivity contribution in [3.8, 4) is 0 Å². The Labute approximate surface area is 262 Å². The summed E-state index contributed by atoms with van der Waals surface area (Å²) in [7, 11) is 3.94. The van der Waals surface area contributed by atoms with E-state index in [0.29, 0.717) is 51.6 Å². The second kappa shape index (κ2) is 13.0. The van der Waals surface area contributed by atoms with Gasteiger partial charge in [-0.05, 0) is 68.9 Å². The Hall–Kier alpha value is -3.23. The average Bonchev–Trinajstić information content (AvgIpc) is 3.44. The molecule has 4 amide bonds. The molecule has 3 aliphatic heterocycles. The van der Waals surface area contributed by atoms with Crippen LogP contribution in [0, 0.1) is 0 Å². The standard InChI is InChI=1S/C29H36ClF3N6O4S/c1-36(2)19-3-8-37(9-4-19)26(40)23(15-17-13-21(29(31,32)33)24(34)22(30)14-17)43-28(42)38-10-5-20(6-11-38)39-16-18-7-12-44-25(18)35-27(39)41/h7,12-14,19-20,23H,3-6,8-11,15-16,34H2,1-2H3,(H,35,41)/t23-/m1/s1. The van der Waals surface area contributed by atoms with Gasteiger partial charge in [-0.2, -0.15) is 13.2 Å². The Kier molecular flexibility index (Phi) is 9.52. The van der Waals surface area contributed by atoms with Gasteiger partial charge in [0.25, 0.3) is 5.91 Å². The summed E-state index contributed by atoms with van der Waals surface area (Å²) in [6.45, 7) is 1.95. The molecule has 44 heavy (non-hydrogen) atoms. The Balaban J connectivity index is 1.28. The smallest absolute Gasteiger partial charge is 0.418 e. The van der Waals surface area contributed by atoms with Crippen LogP contribution in [-0.2, 0) is 28.7 Å². The monoisotopic (exact) mass is 656 g/mol. The van der Waals surface area contributed by atoms with Gasteiger partial charge in [0, 0.05) is 50.2 Å². The topological polar surface area (TPSA) is 111 Å². The van der Waals surface area contributed by atoms with E-state index in [2.05, 4.69) is 10.2 Å². The summed E-state index contributed by atoms with van der Waals surface area (Å²) in [5.41, 5.74) is 5.01. The molecular weight excluding hydrogens is 621 g/mol. The van der Waals surface area contributed by atoms with Gasteiger partial charge in [-0.3, -0.25) is 10.1 Å². The molecule has 2 aromatic rings. The molecule has 3 aliphatic rings. The van der Waals surface area contributed by atoms with Crippen LogP contribution in [0.5, 0.6) is 0 Å². The predicted octanol–water partition coefficient (Wildman–Crippen LogP) is 5.11. The van der Waals surface area contributed by atoms with Crippen LogP contribution in [0.15, 0.2) is 23.6 Å². The van der Waals surface area contributed by atoms with Gasteiger partial charge in [0.05, 0.1) is 22.8 Å². The maximum atomic E-state index is 13.7. The fourth-order valence-electron chi connectivity index (χ4n) is 6.07. The minimum Gasteiger partial charge on any atom is -0.436 e. The number of urea groups is 1. The number of piperidine rings is 2. The number of ether oxygens (including phenoxy) is 1. The molecule has 2 fully saturated rings. The molecule has 0 aliphatic carbocycles. The van der Waals surface area contributed by atoms with Crippen LogP contribution < -0.4 is 11.1 Å². The van der Waals surface area contributed by atoms with Gasteiger partial charge in [-0.1, -0.05) is 11.6 Å². The molecule has 1 aromatic heterocycles. The van der Waals surface area contributed by atoms with Gasteiger partial charge < -0.3 is 30.1 Å². The highest BCUT2D eigenvalue weighted by molar-refractivity contribution is 7.14. The maximum absolute atomic E-state index is 13.7. The van der Waals surface area contributed by atoms with Crippen molar-refractivity contribution >= 4 is 51.7 Å². The zero-order chi connectivity index (χ0) is 31.8. The third-order valence-corrected chi connectivity index (χ3v) is 9.86. The van der Waals surface area contributed by atoms with Crippen LogP contribution in [-0.4, -0.2) is 96.1 Å². The number of likely N-dealkylation sites (tertiary alicyclic amines) is 2. The highest BCUT2D eigenvalue weighted by atomic mass is 35.5. The average molecular weight is 657 g/mol. The van der Waals surface area contributed by atoms with Crippen molar-refractivity contribution in [2.24, 2.45) is 0 Å². The van der Waals surface area contributed by atoms with Crippen LogP contribution in [0.3, 0.4) is 0 Å². The number of nitrogens with one attached hydrogen (secondary N) is 1. The summed E-state index contributed by atoms with van der Waals surface area (Å²) in [5, 5.41) is 5.39.